The molecular weight excluding hydrogens is 220 g/mol. The number of hydrogen-bond donors (Lipinski definition) is 1. The first-order valence-corrected chi connectivity index (χ1v) is 6.13. The SMILES string of the molecule is COc1c(C(C)(C)CO)ccc2sccc12. The molecule has 0 aliphatic heterocycles. The minimum atomic E-state index is -0.276. The highest BCUT2D eigenvalue weighted by Gasteiger charge is 2.24. The summed E-state index contributed by atoms with van der Waals surface area (Å²) < 4.78 is 6.72. The number of thiophene rings is 1. The van der Waals surface area contributed by atoms with Gasteiger partial charge in [0.05, 0.1) is 13.7 Å². The Labute approximate surface area is 99.5 Å². The van der Waals surface area contributed by atoms with Crippen LogP contribution in [0.1, 0.15) is 19.4 Å². The molecule has 1 heterocycles. The molecule has 0 saturated heterocycles. The van der Waals surface area contributed by atoms with Gasteiger partial charge in [0.25, 0.3) is 0 Å². The van der Waals surface area contributed by atoms with Crippen molar-refractivity contribution < 1.29 is 9.84 Å². The summed E-state index contributed by atoms with van der Waals surface area (Å²) in [7, 11) is 1.68. The summed E-state index contributed by atoms with van der Waals surface area (Å²) in [6, 6.07) is 6.21. The van der Waals surface area contributed by atoms with Crippen LogP contribution in [0, 0.1) is 0 Å². The van der Waals surface area contributed by atoms with Crippen molar-refractivity contribution in [2.75, 3.05) is 13.7 Å². The maximum atomic E-state index is 9.44. The summed E-state index contributed by atoms with van der Waals surface area (Å²) in [6.45, 7) is 4.14. The molecule has 1 aromatic heterocycles. The molecule has 86 valence electrons. The molecule has 0 saturated carbocycles. The Bertz CT molecular complexity index is 500. The predicted octanol–water partition coefficient (Wildman–Crippen LogP) is 3.18. The summed E-state index contributed by atoms with van der Waals surface area (Å²) >= 11 is 1.70. The van der Waals surface area contributed by atoms with Crippen LogP contribution in [0.25, 0.3) is 10.1 Å². The molecule has 2 nitrogen and oxygen atoms in total. The number of benzene rings is 1. The van der Waals surface area contributed by atoms with Crippen molar-refractivity contribution in [1.82, 2.24) is 0 Å². The Kier molecular flexibility index (Phi) is 2.91. The van der Waals surface area contributed by atoms with Gasteiger partial charge in [-0.25, -0.2) is 0 Å². The Morgan fingerprint density at radius 2 is 2.06 bits per heavy atom. The second kappa shape index (κ2) is 4.07. The van der Waals surface area contributed by atoms with Crippen molar-refractivity contribution >= 4 is 21.4 Å². The lowest BCUT2D eigenvalue weighted by molar-refractivity contribution is 0.215. The Hall–Kier alpha value is -1.06. The molecule has 0 radical (unpaired) electrons. The third-order valence-corrected chi connectivity index (χ3v) is 3.80. The zero-order chi connectivity index (χ0) is 11.8. The van der Waals surface area contributed by atoms with Crippen molar-refractivity contribution in [3.63, 3.8) is 0 Å². The smallest absolute Gasteiger partial charge is 0.131 e. The summed E-state index contributed by atoms with van der Waals surface area (Å²) in [5.41, 5.74) is 0.782. The van der Waals surface area contributed by atoms with Crippen LogP contribution in [-0.4, -0.2) is 18.8 Å². The minimum Gasteiger partial charge on any atom is -0.496 e. The molecule has 2 aromatic rings. The average molecular weight is 236 g/mol. The molecule has 0 aliphatic rings. The van der Waals surface area contributed by atoms with E-state index in [1.54, 1.807) is 18.4 Å². The summed E-state index contributed by atoms with van der Waals surface area (Å²) in [4.78, 5) is 0. The van der Waals surface area contributed by atoms with Gasteiger partial charge in [-0.05, 0) is 17.5 Å². The van der Waals surface area contributed by atoms with Gasteiger partial charge in [0.2, 0.25) is 0 Å². The second-order valence-electron chi connectivity index (χ2n) is 4.52. The van der Waals surface area contributed by atoms with E-state index in [1.165, 1.54) is 4.70 Å². The van der Waals surface area contributed by atoms with Gasteiger partial charge in [0.15, 0.2) is 0 Å². The highest BCUT2D eigenvalue weighted by atomic mass is 32.1. The number of fused-ring (bicyclic) bond motifs is 1. The topological polar surface area (TPSA) is 29.5 Å². The average Bonchev–Trinajstić information content (AvgIpc) is 2.75. The molecule has 0 bridgehead atoms. The van der Waals surface area contributed by atoms with Gasteiger partial charge in [0, 0.05) is 21.1 Å². The van der Waals surface area contributed by atoms with Gasteiger partial charge >= 0.3 is 0 Å². The zero-order valence-electron chi connectivity index (χ0n) is 9.78. The molecule has 0 amide bonds. The van der Waals surface area contributed by atoms with E-state index in [0.29, 0.717) is 0 Å². The number of aliphatic hydroxyl groups excluding tert-OH is 1. The molecule has 2 rings (SSSR count). The summed E-state index contributed by atoms with van der Waals surface area (Å²) in [5.74, 6) is 0.887. The summed E-state index contributed by atoms with van der Waals surface area (Å²) in [5, 5.41) is 12.6. The Morgan fingerprint density at radius 1 is 1.31 bits per heavy atom. The van der Waals surface area contributed by atoms with Crippen LogP contribution < -0.4 is 4.74 Å². The predicted molar refractivity (Wildman–Crippen MR) is 68.5 cm³/mol. The van der Waals surface area contributed by atoms with Gasteiger partial charge in [0.1, 0.15) is 5.75 Å². The van der Waals surface area contributed by atoms with Gasteiger partial charge in [-0.3, -0.25) is 0 Å². The zero-order valence-corrected chi connectivity index (χ0v) is 10.6. The standard InChI is InChI=1S/C13H16O2S/c1-13(2,8-14)10-4-5-11-9(6-7-16-11)12(10)15-3/h4-7,14H,8H2,1-3H3. The highest BCUT2D eigenvalue weighted by molar-refractivity contribution is 7.17. The monoisotopic (exact) mass is 236 g/mol. The van der Waals surface area contributed by atoms with Crippen LogP contribution in [0.3, 0.4) is 0 Å². The van der Waals surface area contributed by atoms with Crippen molar-refractivity contribution in [3.8, 4) is 5.75 Å². The van der Waals surface area contributed by atoms with E-state index >= 15 is 0 Å². The van der Waals surface area contributed by atoms with Crippen molar-refractivity contribution in [2.24, 2.45) is 0 Å². The Balaban J connectivity index is 2.70. The molecule has 1 N–H and O–H groups in total. The van der Waals surface area contributed by atoms with E-state index in [4.69, 9.17) is 4.74 Å². The molecule has 0 atom stereocenters. The maximum Gasteiger partial charge on any atom is 0.131 e. The van der Waals surface area contributed by atoms with E-state index < -0.39 is 0 Å². The van der Waals surface area contributed by atoms with E-state index in [-0.39, 0.29) is 12.0 Å². The molecule has 3 heteroatoms. The third-order valence-electron chi connectivity index (χ3n) is 2.91. The van der Waals surface area contributed by atoms with E-state index in [1.807, 2.05) is 19.9 Å². The molecule has 0 aliphatic carbocycles. The molecule has 0 fully saturated rings. The first-order valence-electron chi connectivity index (χ1n) is 5.25. The van der Waals surface area contributed by atoms with Crippen LogP contribution in [0.15, 0.2) is 23.6 Å². The number of hydrogen-bond acceptors (Lipinski definition) is 3. The third kappa shape index (κ3) is 1.70. The minimum absolute atomic E-state index is 0.110. The lowest BCUT2D eigenvalue weighted by Crippen LogP contribution is -2.22. The van der Waals surface area contributed by atoms with Crippen LogP contribution in [0.5, 0.6) is 5.75 Å². The molecule has 1 aromatic carbocycles. The number of rotatable bonds is 3. The first-order chi connectivity index (χ1) is 7.60. The largest absolute Gasteiger partial charge is 0.496 e. The fourth-order valence-corrected chi connectivity index (χ4v) is 2.64. The second-order valence-corrected chi connectivity index (χ2v) is 5.47. The maximum absolute atomic E-state index is 9.44. The van der Waals surface area contributed by atoms with E-state index in [9.17, 15) is 5.11 Å². The molecule has 16 heavy (non-hydrogen) atoms. The van der Waals surface area contributed by atoms with Crippen LogP contribution in [0.4, 0.5) is 0 Å². The first kappa shape index (κ1) is 11.4. The van der Waals surface area contributed by atoms with Crippen LogP contribution >= 0.6 is 11.3 Å². The number of aliphatic hydroxyl groups is 1. The quantitative estimate of drug-likeness (QED) is 0.887. The van der Waals surface area contributed by atoms with Gasteiger partial charge in [-0.1, -0.05) is 19.9 Å². The molecule has 0 unspecified atom stereocenters. The van der Waals surface area contributed by atoms with E-state index in [2.05, 4.69) is 17.5 Å². The lowest BCUT2D eigenvalue weighted by Gasteiger charge is -2.25. The fourth-order valence-electron chi connectivity index (χ4n) is 1.86. The van der Waals surface area contributed by atoms with Crippen molar-refractivity contribution in [3.05, 3.63) is 29.1 Å². The summed E-state index contributed by atoms with van der Waals surface area (Å²) in [6.07, 6.45) is 0. The normalized spacial score (nSPS) is 12.0. The molecule has 0 spiro atoms. The highest BCUT2D eigenvalue weighted by Crippen LogP contribution is 2.38. The number of methoxy groups -OCH3 is 1. The van der Waals surface area contributed by atoms with Crippen molar-refractivity contribution in [2.45, 2.75) is 19.3 Å². The van der Waals surface area contributed by atoms with Crippen molar-refractivity contribution in [1.29, 1.82) is 0 Å². The lowest BCUT2D eigenvalue weighted by atomic mass is 9.84. The van der Waals surface area contributed by atoms with Gasteiger partial charge < -0.3 is 9.84 Å². The Morgan fingerprint density at radius 3 is 2.69 bits per heavy atom. The van der Waals surface area contributed by atoms with Gasteiger partial charge in [-0.2, -0.15) is 0 Å². The van der Waals surface area contributed by atoms with Crippen LogP contribution in [-0.2, 0) is 5.41 Å². The fraction of sp³-hybridized carbons (Fsp3) is 0.385. The molecular formula is C13H16O2S. The van der Waals surface area contributed by atoms with E-state index in [0.717, 1.165) is 16.7 Å². The van der Waals surface area contributed by atoms with Gasteiger partial charge in [-0.15, -0.1) is 11.3 Å². The number of ether oxygens (including phenoxy) is 1. The van der Waals surface area contributed by atoms with Crippen LogP contribution in [0.2, 0.25) is 0 Å².